The Morgan fingerprint density at radius 2 is 1.21 bits per heavy atom. The summed E-state index contributed by atoms with van der Waals surface area (Å²) in [4.78, 5) is 1.27. The molecule has 0 aliphatic carbocycles. The molecule has 0 aliphatic rings. The Hall–Kier alpha value is -0.560. The van der Waals surface area contributed by atoms with Gasteiger partial charge in [0.1, 0.15) is 0 Å². The Morgan fingerprint density at radius 1 is 0.750 bits per heavy atom. The number of halogens is 1. The molecule has 0 heterocycles. The number of thioether (sulfide) groups is 1. The first-order valence-corrected chi connectivity index (χ1v) is 12.4. The van der Waals surface area contributed by atoms with E-state index in [0.29, 0.717) is 0 Å². The smallest absolute Gasteiger partial charge is 0.0775 e. The third kappa shape index (κ3) is 6.22. The van der Waals surface area contributed by atoms with E-state index in [2.05, 4.69) is 121 Å². The van der Waals surface area contributed by atoms with Crippen molar-refractivity contribution in [1.82, 2.24) is 0 Å². The number of rotatable bonds is 3. The van der Waals surface area contributed by atoms with Crippen LogP contribution in [-0.4, -0.2) is 3.53 Å². The molecular weight excluding hydrogens is 443 g/mol. The van der Waals surface area contributed by atoms with Gasteiger partial charge in [0.25, 0.3) is 0 Å². The topological polar surface area (TPSA) is 0 Å². The lowest BCUT2D eigenvalue weighted by molar-refractivity contribution is 0.554. The Labute approximate surface area is 186 Å². The maximum Gasteiger partial charge on any atom is 0.0827 e. The van der Waals surface area contributed by atoms with Crippen LogP contribution < -0.4 is 5.30 Å². The third-order valence-electron chi connectivity index (χ3n) is 4.74. The molecule has 0 nitrogen and oxygen atoms in total. The maximum atomic E-state index is 3.88. The largest absolute Gasteiger partial charge is 0.0827 e. The number of benzene rings is 2. The molecule has 0 radical (unpaired) electrons. The lowest BCUT2D eigenvalue weighted by Gasteiger charge is -2.32. The van der Waals surface area contributed by atoms with Crippen LogP contribution in [0.1, 0.15) is 79.0 Å². The van der Waals surface area contributed by atoms with E-state index >= 15 is 0 Å². The van der Waals surface area contributed by atoms with Crippen LogP contribution in [0.3, 0.4) is 0 Å². The van der Waals surface area contributed by atoms with E-state index in [9.17, 15) is 0 Å². The average molecular weight is 477 g/mol. The van der Waals surface area contributed by atoms with Gasteiger partial charge in [0, 0.05) is 10.2 Å². The van der Waals surface area contributed by atoms with Crippen LogP contribution >= 0.6 is 35.9 Å². The molecule has 0 bridgehead atoms. The highest BCUT2D eigenvalue weighted by Gasteiger charge is 2.28. The minimum Gasteiger partial charge on any atom is -0.0775 e. The summed E-state index contributed by atoms with van der Waals surface area (Å²) in [7, 11) is 1.24. The fourth-order valence-corrected chi connectivity index (χ4v) is 6.60. The molecule has 0 spiro atoms. The molecule has 2 aromatic carbocycles. The van der Waals surface area contributed by atoms with E-state index in [4.69, 9.17) is 0 Å². The minimum atomic E-state index is 0.0916. The second kappa shape index (κ2) is 8.66. The van der Waals surface area contributed by atoms with Gasteiger partial charge < -0.3 is 0 Å². The summed E-state index contributed by atoms with van der Waals surface area (Å²) in [6.45, 7) is 20.9. The van der Waals surface area contributed by atoms with Crippen LogP contribution in [-0.2, 0) is 16.2 Å². The normalized spacial score (nSPS) is 13.7. The Balaban J connectivity index is 2.71. The molecule has 0 N–H and O–H groups in total. The van der Waals surface area contributed by atoms with E-state index in [1.165, 1.54) is 38.6 Å². The molecule has 152 valence electrons. The predicted octanol–water partition coefficient (Wildman–Crippen LogP) is 8.43. The van der Waals surface area contributed by atoms with Gasteiger partial charge in [-0.25, -0.2) is 0 Å². The zero-order valence-corrected chi connectivity index (χ0v) is 22.1. The van der Waals surface area contributed by atoms with Gasteiger partial charge in [-0.1, -0.05) is 104 Å². The van der Waals surface area contributed by atoms with Gasteiger partial charge in [-0.05, 0) is 69.2 Å². The SMILES string of the molecule is CC(C)(C)c1cc(C(C)(C)C)c(P=C(Br)Sc2ccccc2)c(C(C)(C)C)c1. The number of hydrogen-bond acceptors (Lipinski definition) is 1. The quantitative estimate of drug-likeness (QED) is 0.316. The van der Waals surface area contributed by atoms with Crippen molar-refractivity contribution in [2.24, 2.45) is 0 Å². The Morgan fingerprint density at radius 3 is 1.61 bits per heavy atom. The van der Waals surface area contributed by atoms with Crippen LogP contribution in [0.2, 0.25) is 0 Å². The fraction of sp³-hybridized carbons (Fsp3) is 0.480. The molecule has 2 rings (SSSR count). The molecule has 0 saturated heterocycles. The first-order chi connectivity index (χ1) is 12.7. The van der Waals surface area contributed by atoms with Crippen molar-refractivity contribution in [2.75, 3.05) is 0 Å². The third-order valence-corrected chi connectivity index (χ3v) is 7.86. The fourth-order valence-electron chi connectivity index (χ4n) is 3.03. The van der Waals surface area contributed by atoms with E-state index in [1.807, 2.05) is 11.8 Å². The highest BCUT2D eigenvalue weighted by Crippen LogP contribution is 2.37. The molecule has 0 unspecified atom stereocenters. The molecular formula is C25H34BrPS. The van der Waals surface area contributed by atoms with Gasteiger partial charge in [-0.3, -0.25) is 0 Å². The van der Waals surface area contributed by atoms with Crippen LogP contribution in [0.5, 0.6) is 0 Å². The minimum absolute atomic E-state index is 0.0916. The second-order valence-corrected chi connectivity index (χ2v) is 14.9. The van der Waals surface area contributed by atoms with E-state index in [-0.39, 0.29) is 16.2 Å². The molecule has 2 aromatic rings. The molecule has 28 heavy (non-hydrogen) atoms. The van der Waals surface area contributed by atoms with Crippen LogP contribution in [0, 0.1) is 0 Å². The van der Waals surface area contributed by atoms with Crippen molar-refractivity contribution in [2.45, 2.75) is 83.5 Å². The van der Waals surface area contributed by atoms with Crippen molar-refractivity contribution < 1.29 is 0 Å². The number of hydrogen-bond donors (Lipinski definition) is 0. The van der Waals surface area contributed by atoms with Crippen molar-refractivity contribution in [3.63, 3.8) is 0 Å². The summed E-state index contributed by atoms with van der Waals surface area (Å²) in [6.07, 6.45) is 0. The monoisotopic (exact) mass is 476 g/mol. The van der Waals surface area contributed by atoms with Crippen molar-refractivity contribution in [3.8, 4) is 0 Å². The van der Waals surface area contributed by atoms with Crippen molar-refractivity contribution in [3.05, 3.63) is 59.2 Å². The van der Waals surface area contributed by atoms with E-state index in [1.54, 1.807) is 0 Å². The molecule has 0 saturated carbocycles. The highest BCUT2D eigenvalue weighted by molar-refractivity contribution is 9.23. The summed E-state index contributed by atoms with van der Waals surface area (Å²) in [5, 5.41) is 1.45. The molecule has 3 heteroatoms. The van der Waals surface area contributed by atoms with Crippen LogP contribution in [0.25, 0.3) is 0 Å². The van der Waals surface area contributed by atoms with Gasteiger partial charge >= 0.3 is 0 Å². The van der Waals surface area contributed by atoms with Gasteiger partial charge in [-0.15, -0.1) is 0 Å². The van der Waals surface area contributed by atoms with Crippen molar-refractivity contribution in [1.29, 1.82) is 0 Å². The lowest BCUT2D eigenvalue weighted by Crippen LogP contribution is -2.29. The zero-order chi connectivity index (χ0) is 21.3. The standard InChI is InChI=1S/C25H34BrPS/c1-23(2,3)17-15-19(24(4,5)6)21(20(16-17)25(7,8)9)27-22(26)28-18-13-11-10-12-14-18/h10-16H,1-9H3. The Kier molecular flexibility index (Phi) is 7.34. The van der Waals surface area contributed by atoms with Crippen molar-refractivity contribution >= 4 is 44.7 Å². The van der Waals surface area contributed by atoms with Gasteiger partial charge in [-0.2, -0.15) is 0 Å². The molecule has 0 atom stereocenters. The van der Waals surface area contributed by atoms with E-state index < -0.39 is 0 Å². The summed E-state index contributed by atoms with van der Waals surface area (Å²) >= 11 is 5.69. The van der Waals surface area contributed by atoms with E-state index in [0.717, 1.165) is 0 Å². The molecule has 0 aromatic heterocycles. The zero-order valence-electron chi connectivity index (χ0n) is 18.8. The van der Waals surface area contributed by atoms with Crippen LogP contribution in [0.15, 0.2) is 47.4 Å². The summed E-state index contributed by atoms with van der Waals surface area (Å²) in [5.74, 6) is 0. The highest BCUT2D eigenvalue weighted by atomic mass is 79.9. The summed E-state index contributed by atoms with van der Waals surface area (Å²) < 4.78 is 1.23. The maximum absolute atomic E-state index is 3.88. The van der Waals surface area contributed by atoms with Gasteiger partial charge in [0.2, 0.25) is 0 Å². The summed E-state index contributed by atoms with van der Waals surface area (Å²) in [6, 6.07) is 15.5. The molecule has 0 aliphatic heterocycles. The van der Waals surface area contributed by atoms with Crippen LogP contribution in [0.4, 0.5) is 0 Å². The van der Waals surface area contributed by atoms with Gasteiger partial charge in [0.15, 0.2) is 0 Å². The van der Waals surface area contributed by atoms with Gasteiger partial charge in [0.05, 0.1) is 3.53 Å². The predicted molar refractivity (Wildman–Crippen MR) is 135 cm³/mol. The first-order valence-electron chi connectivity index (χ1n) is 9.86. The lowest BCUT2D eigenvalue weighted by atomic mass is 9.75. The molecule has 0 fully saturated rings. The average Bonchev–Trinajstić information content (AvgIpc) is 2.52. The second-order valence-electron chi connectivity index (χ2n) is 10.4. The Bertz CT molecular complexity index is 812. The summed E-state index contributed by atoms with van der Waals surface area (Å²) in [5.41, 5.74) is 4.65. The first kappa shape index (κ1) is 23.7. The molecule has 0 amide bonds.